The van der Waals surface area contributed by atoms with Crippen molar-refractivity contribution in [1.82, 2.24) is 4.57 Å². The Kier molecular flexibility index (Phi) is 4.40. The van der Waals surface area contributed by atoms with Crippen molar-refractivity contribution >= 4 is 5.97 Å². The molecule has 0 aliphatic carbocycles. The van der Waals surface area contributed by atoms with Gasteiger partial charge in [-0.05, 0) is 31.4 Å². The van der Waals surface area contributed by atoms with E-state index in [0.29, 0.717) is 5.69 Å². The first-order valence-corrected chi connectivity index (χ1v) is 5.62. The van der Waals surface area contributed by atoms with E-state index >= 15 is 0 Å². The Labute approximate surface area is 90.7 Å². The highest BCUT2D eigenvalue weighted by Gasteiger charge is 2.12. The first-order chi connectivity index (χ1) is 7.20. The minimum absolute atomic E-state index is 0.419. The van der Waals surface area contributed by atoms with Gasteiger partial charge in [-0.1, -0.05) is 20.3 Å². The van der Waals surface area contributed by atoms with E-state index in [-0.39, 0.29) is 0 Å². The molecule has 0 saturated carbocycles. The van der Waals surface area contributed by atoms with Gasteiger partial charge in [0.15, 0.2) is 0 Å². The fraction of sp³-hybridized carbons (Fsp3) is 0.583. The summed E-state index contributed by atoms with van der Waals surface area (Å²) in [6.45, 7) is 5.01. The molecule has 0 amide bonds. The molecule has 0 radical (unpaired) electrons. The minimum Gasteiger partial charge on any atom is -0.477 e. The number of unbranched alkanes of at least 4 members (excludes halogenated alkanes) is 1. The van der Waals surface area contributed by atoms with Crippen molar-refractivity contribution in [3.63, 3.8) is 0 Å². The Morgan fingerprint density at radius 1 is 1.33 bits per heavy atom. The molecule has 3 nitrogen and oxygen atoms in total. The summed E-state index contributed by atoms with van der Waals surface area (Å²) in [5.74, 6) is -0.828. The summed E-state index contributed by atoms with van der Waals surface area (Å²) in [6.07, 6.45) is 4.20. The molecule has 0 aliphatic rings. The highest BCUT2D eigenvalue weighted by molar-refractivity contribution is 5.86. The molecule has 0 spiro atoms. The summed E-state index contributed by atoms with van der Waals surface area (Å²) in [5.41, 5.74) is 1.57. The second-order valence-corrected chi connectivity index (χ2v) is 3.77. The summed E-state index contributed by atoms with van der Waals surface area (Å²) in [5, 5.41) is 9.01. The third-order valence-corrected chi connectivity index (χ3v) is 2.52. The van der Waals surface area contributed by atoms with Crippen LogP contribution >= 0.6 is 0 Å². The van der Waals surface area contributed by atoms with Crippen molar-refractivity contribution in [2.45, 2.75) is 46.1 Å². The van der Waals surface area contributed by atoms with Crippen molar-refractivity contribution in [2.75, 3.05) is 0 Å². The topological polar surface area (TPSA) is 42.2 Å². The number of carbonyl (C=O) groups is 1. The number of carboxylic acid groups (broad SMARTS) is 1. The highest BCUT2D eigenvalue weighted by Crippen LogP contribution is 2.13. The number of aryl methyl sites for hydroxylation is 1. The van der Waals surface area contributed by atoms with Crippen LogP contribution in [0.2, 0.25) is 0 Å². The Morgan fingerprint density at radius 2 is 2.07 bits per heavy atom. The number of rotatable bonds is 6. The zero-order valence-electron chi connectivity index (χ0n) is 9.49. The van der Waals surface area contributed by atoms with Crippen LogP contribution in [0, 0.1) is 0 Å². The first kappa shape index (κ1) is 11.8. The monoisotopic (exact) mass is 209 g/mol. The molecule has 0 unspecified atom stereocenters. The van der Waals surface area contributed by atoms with Crippen LogP contribution in [0.1, 0.15) is 49.3 Å². The van der Waals surface area contributed by atoms with Crippen LogP contribution < -0.4 is 0 Å². The molecule has 0 bridgehead atoms. The summed E-state index contributed by atoms with van der Waals surface area (Å²) in [6, 6.07) is 3.65. The van der Waals surface area contributed by atoms with Gasteiger partial charge in [-0.2, -0.15) is 0 Å². The fourth-order valence-corrected chi connectivity index (χ4v) is 1.76. The lowest BCUT2D eigenvalue weighted by atomic mass is 10.2. The molecule has 1 heterocycles. The van der Waals surface area contributed by atoms with Gasteiger partial charge in [0, 0.05) is 12.2 Å². The Morgan fingerprint density at radius 3 is 2.60 bits per heavy atom. The number of hydrogen-bond donors (Lipinski definition) is 1. The number of carboxylic acids is 1. The molecule has 0 aromatic carbocycles. The van der Waals surface area contributed by atoms with Crippen molar-refractivity contribution in [3.05, 3.63) is 23.5 Å². The first-order valence-electron chi connectivity index (χ1n) is 5.62. The average Bonchev–Trinajstić information content (AvgIpc) is 2.59. The van der Waals surface area contributed by atoms with E-state index in [4.69, 9.17) is 5.11 Å². The van der Waals surface area contributed by atoms with Crippen molar-refractivity contribution in [2.24, 2.45) is 0 Å². The van der Waals surface area contributed by atoms with Crippen LogP contribution in [0.5, 0.6) is 0 Å². The third kappa shape index (κ3) is 2.85. The SMILES string of the molecule is CCCCc1ccc(C(=O)O)n1CCC. The van der Waals surface area contributed by atoms with E-state index in [0.717, 1.165) is 37.9 Å². The maximum atomic E-state index is 11.0. The zero-order chi connectivity index (χ0) is 11.3. The second-order valence-electron chi connectivity index (χ2n) is 3.77. The Hall–Kier alpha value is -1.25. The van der Waals surface area contributed by atoms with Crippen LogP contribution in [0.3, 0.4) is 0 Å². The molecule has 0 fully saturated rings. The van der Waals surface area contributed by atoms with Gasteiger partial charge in [0.1, 0.15) is 5.69 Å². The molecular formula is C12H19NO2. The van der Waals surface area contributed by atoms with Gasteiger partial charge < -0.3 is 9.67 Å². The van der Waals surface area contributed by atoms with Gasteiger partial charge in [-0.25, -0.2) is 4.79 Å². The molecular weight excluding hydrogens is 190 g/mol. The molecule has 1 aromatic heterocycles. The number of aromatic nitrogens is 1. The van der Waals surface area contributed by atoms with Crippen molar-refractivity contribution < 1.29 is 9.90 Å². The molecule has 1 aromatic rings. The largest absolute Gasteiger partial charge is 0.477 e. The van der Waals surface area contributed by atoms with Gasteiger partial charge in [-0.3, -0.25) is 0 Å². The predicted octanol–water partition coefficient (Wildman–Crippen LogP) is 2.94. The smallest absolute Gasteiger partial charge is 0.352 e. The van der Waals surface area contributed by atoms with Gasteiger partial charge in [0.25, 0.3) is 0 Å². The Bertz CT molecular complexity index is 328. The predicted molar refractivity (Wildman–Crippen MR) is 60.3 cm³/mol. The summed E-state index contributed by atoms with van der Waals surface area (Å²) < 4.78 is 1.93. The molecule has 1 N–H and O–H groups in total. The van der Waals surface area contributed by atoms with Crippen LogP contribution in [-0.2, 0) is 13.0 Å². The zero-order valence-corrected chi connectivity index (χ0v) is 9.49. The molecule has 84 valence electrons. The number of nitrogens with zero attached hydrogens (tertiary/aromatic N) is 1. The maximum Gasteiger partial charge on any atom is 0.352 e. The summed E-state index contributed by atoms with van der Waals surface area (Å²) >= 11 is 0. The average molecular weight is 209 g/mol. The van der Waals surface area contributed by atoms with E-state index in [1.165, 1.54) is 0 Å². The molecule has 1 rings (SSSR count). The van der Waals surface area contributed by atoms with E-state index in [1.54, 1.807) is 6.07 Å². The van der Waals surface area contributed by atoms with E-state index in [1.807, 2.05) is 10.6 Å². The normalized spacial score (nSPS) is 10.5. The van der Waals surface area contributed by atoms with Gasteiger partial charge in [0.05, 0.1) is 0 Å². The van der Waals surface area contributed by atoms with Crippen molar-refractivity contribution in [1.29, 1.82) is 0 Å². The number of aromatic carboxylic acids is 1. The quantitative estimate of drug-likeness (QED) is 0.782. The van der Waals surface area contributed by atoms with Crippen LogP contribution in [0.15, 0.2) is 12.1 Å². The van der Waals surface area contributed by atoms with Gasteiger partial charge in [0.2, 0.25) is 0 Å². The van der Waals surface area contributed by atoms with Crippen LogP contribution in [-0.4, -0.2) is 15.6 Å². The Balaban J connectivity index is 2.90. The fourth-order valence-electron chi connectivity index (χ4n) is 1.76. The number of hydrogen-bond acceptors (Lipinski definition) is 1. The lowest BCUT2D eigenvalue weighted by Crippen LogP contribution is -2.11. The maximum absolute atomic E-state index is 11.0. The summed E-state index contributed by atoms with van der Waals surface area (Å²) in [7, 11) is 0. The third-order valence-electron chi connectivity index (χ3n) is 2.52. The van der Waals surface area contributed by atoms with Crippen molar-refractivity contribution in [3.8, 4) is 0 Å². The van der Waals surface area contributed by atoms with Gasteiger partial charge in [-0.15, -0.1) is 0 Å². The van der Waals surface area contributed by atoms with Crippen LogP contribution in [0.25, 0.3) is 0 Å². The lowest BCUT2D eigenvalue weighted by Gasteiger charge is -2.09. The second kappa shape index (κ2) is 5.59. The van der Waals surface area contributed by atoms with E-state index in [2.05, 4.69) is 13.8 Å². The van der Waals surface area contributed by atoms with Crippen LogP contribution in [0.4, 0.5) is 0 Å². The molecule has 0 aliphatic heterocycles. The van der Waals surface area contributed by atoms with Gasteiger partial charge >= 0.3 is 5.97 Å². The molecule has 3 heteroatoms. The molecule has 15 heavy (non-hydrogen) atoms. The minimum atomic E-state index is -0.828. The lowest BCUT2D eigenvalue weighted by molar-refractivity contribution is 0.0684. The molecule has 0 atom stereocenters. The highest BCUT2D eigenvalue weighted by atomic mass is 16.4. The molecule has 0 saturated heterocycles. The van der Waals surface area contributed by atoms with E-state index < -0.39 is 5.97 Å². The summed E-state index contributed by atoms with van der Waals surface area (Å²) in [4.78, 5) is 11.0. The standard InChI is InChI=1S/C12H19NO2/c1-3-5-6-10-7-8-11(12(14)15)13(10)9-4-2/h7-8H,3-6,9H2,1-2H3,(H,14,15). The van der Waals surface area contributed by atoms with E-state index in [9.17, 15) is 4.79 Å².